The second-order valence-corrected chi connectivity index (χ2v) is 9.33. The highest BCUT2D eigenvalue weighted by molar-refractivity contribution is 7.89. The molecule has 2 aromatic rings. The Hall–Kier alpha value is -2.29. The lowest BCUT2D eigenvalue weighted by molar-refractivity contribution is -0.385. The van der Waals surface area contributed by atoms with Gasteiger partial charge in [0.15, 0.2) is 0 Å². The molecule has 1 aliphatic rings. The lowest BCUT2D eigenvalue weighted by Crippen LogP contribution is -2.42. The second kappa shape index (κ2) is 8.61. The molecule has 156 valence electrons. The van der Waals surface area contributed by atoms with E-state index in [4.69, 9.17) is 0 Å². The Morgan fingerprint density at radius 3 is 2.55 bits per heavy atom. The molecule has 0 radical (unpaired) electrons. The van der Waals surface area contributed by atoms with Crippen LogP contribution in [0.2, 0.25) is 0 Å². The van der Waals surface area contributed by atoms with E-state index in [0.717, 1.165) is 13.0 Å². The lowest BCUT2D eigenvalue weighted by Gasteiger charge is -2.29. The molecule has 1 aliphatic heterocycles. The zero-order chi connectivity index (χ0) is 21.2. The first kappa shape index (κ1) is 21.4. The van der Waals surface area contributed by atoms with Gasteiger partial charge in [-0.25, -0.2) is 8.42 Å². The number of nitrogens with zero attached hydrogens (tertiary/aromatic N) is 3. The minimum Gasteiger partial charge on any atom is -0.295 e. The minimum absolute atomic E-state index is 0.0220. The first-order valence-electron chi connectivity index (χ1n) is 9.81. The fourth-order valence-electron chi connectivity index (χ4n) is 4.00. The molecule has 0 aliphatic carbocycles. The predicted octanol–water partition coefficient (Wildman–Crippen LogP) is 3.75. The van der Waals surface area contributed by atoms with Gasteiger partial charge < -0.3 is 0 Å². The Bertz CT molecular complexity index is 979. The summed E-state index contributed by atoms with van der Waals surface area (Å²) in [6, 6.07) is 14.3. The molecule has 0 saturated carbocycles. The van der Waals surface area contributed by atoms with Crippen LogP contribution in [-0.4, -0.2) is 48.2 Å². The molecule has 3 rings (SSSR count). The minimum atomic E-state index is -3.82. The van der Waals surface area contributed by atoms with Crippen LogP contribution in [0, 0.1) is 17.0 Å². The summed E-state index contributed by atoms with van der Waals surface area (Å²) in [6.45, 7) is 7.31. The number of sulfonamides is 1. The lowest BCUT2D eigenvalue weighted by atomic mass is 10.1. The van der Waals surface area contributed by atoms with E-state index in [1.807, 2.05) is 25.1 Å². The van der Waals surface area contributed by atoms with Crippen molar-refractivity contribution >= 4 is 15.7 Å². The standard InChI is InChI=1S/C21H27N3O4S/c1-4-23(29(27,28)20-11-10-16(2)21(14-20)24(25)26)19-12-13-22(15-19)17(3)18-8-6-5-7-9-18/h5-11,14,17,19H,4,12-13,15H2,1-3H3. The first-order valence-corrected chi connectivity index (χ1v) is 11.3. The molecular formula is C21H27N3O4S. The topological polar surface area (TPSA) is 83.8 Å². The number of hydrogen-bond acceptors (Lipinski definition) is 5. The van der Waals surface area contributed by atoms with Gasteiger partial charge >= 0.3 is 0 Å². The molecular weight excluding hydrogens is 390 g/mol. The zero-order valence-electron chi connectivity index (χ0n) is 17.0. The van der Waals surface area contributed by atoms with Gasteiger partial charge in [0.25, 0.3) is 5.69 Å². The maximum atomic E-state index is 13.3. The van der Waals surface area contributed by atoms with Crippen LogP contribution in [0.5, 0.6) is 0 Å². The maximum Gasteiger partial charge on any atom is 0.273 e. The smallest absolute Gasteiger partial charge is 0.273 e. The van der Waals surface area contributed by atoms with Crippen LogP contribution in [0.15, 0.2) is 53.4 Å². The fourth-order valence-corrected chi connectivity index (χ4v) is 5.68. The van der Waals surface area contributed by atoms with Gasteiger partial charge in [-0.1, -0.05) is 43.3 Å². The fraction of sp³-hybridized carbons (Fsp3) is 0.429. The van der Waals surface area contributed by atoms with Crippen molar-refractivity contribution in [3.05, 3.63) is 69.8 Å². The van der Waals surface area contributed by atoms with Gasteiger partial charge in [-0.2, -0.15) is 4.31 Å². The number of aryl methyl sites for hydroxylation is 1. The summed E-state index contributed by atoms with van der Waals surface area (Å²) in [5, 5.41) is 11.2. The van der Waals surface area contributed by atoms with Gasteiger partial charge in [-0.3, -0.25) is 15.0 Å². The van der Waals surface area contributed by atoms with Crippen LogP contribution < -0.4 is 0 Å². The summed E-state index contributed by atoms with van der Waals surface area (Å²) >= 11 is 0. The highest BCUT2D eigenvalue weighted by Gasteiger charge is 2.37. The first-order chi connectivity index (χ1) is 13.8. The molecule has 8 heteroatoms. The second-order valence-electron chi connectivity index (χ2n) is 7.44. The molecule has 7 nitrogen and oxygen atoms in total. The van der Waals surface area contributed by atoms with E-state index in [-0.39, 0.29) is 22.7 Å². The number of likely N-dealkylation sites (tertiary alicyclic amines) is 1. The van der Waals surface area contributed by atoms with Crippen molar-refractivity contribution in [3.8, 4) is 0 Å². The average Bonchev–Trinajstić information content (AvgIpc) is 3.18. The third kappa shape index (κ3) is 4.34. The van der Waals surface area contributed by atoms with E-state index < -0.39 is 14.9 Å². The van der Waals surface area contributed by atoms with Gasteiger partial charge in [-0.15, -0.1) is 0 Å². The van der Waals surface area contributed by atoms with Gasteiger partial charge in [0.1, 0.15) is 0 Å². The average molecular weight is 418 g/mol. The summed E-state index contributed by atoms with van der Waals surface area (Å²) in [5.41, 5.74) is 1.47. The zero-order valence-corrected chi connectivity index (χ0v) is 17.8. The van der Waals surface area contributed by atoms with Crippen LogP contribution in [0.25, 0.3) is 0 Å². The Morgan fingerprint density at radius 2 is 1.93 bits per heavy atom. The predicted molar refractivity (Wildman–Crippen MR) is 112 cm³/mol. The van der Waals surface area contributed by atoms with Gasteiger partial charge in [0.05, 0.1) is 9.82 Å². The normalized spacial score (nSPS) is 18.8. The Balaban J connectivity index is 1.82. The third-order valence-electron chi connectivity index (χ3n) is 5.73. The summed E-state index contributed by atoms with van der Waals surface area (Å²) < 4.78 is 28.0. The van der Waals surface area contributed by atoms with Gasteiger partial charge in [0.2, 0.25) is 10.0 Å². The molecule has 1 heterocycles. The Labute approximate surface area is 172 Å². The SMILES string of the molecule is CCN(C1CCN(C(C)c2ccccc2)C1)S(=O)(=O)c1ccc(C)c([N+](=O)[O-])c1. The summed E-state index contributed by atoms with van der Waals surface area (Å²) in [4.78, 5) is 13.0. The van der Waals surface area contributed by atoms with E-state index in [2.05, 4.69) is 24.0 Å². The van der Waals surface area contributed by atoms with Crippen molar-refractivity contribution in [2.45, 2.75) is 44.2 Å². The molecule has 2 atom stereocenters. The summed E-state index contributed by atoms with van der Waals surface area (Å²) in [5.74, 6) is 0. The number of nitro groups is 1. The highest BCUT2D eigenvalue weighted by Crippen LogP contribution is 2.30. The van der Waals surface area contributed by atoms with E-state index >= 15 is 0 Å². The van der Waals surface area contributed by atoms with Crippen LogP contribution >= 0.6 is 0 Å². The van der Waals surface area contributed by atoms with E-state index in [0.29, 0.717) is 18.7 Å². The maximum absolute atomic E-state index is 13.3. The van der Waals surface area contributed by atoms with E-state index in [9.17, 15) is 18.5 Å². The molecule has 0 bridgehead atoms. The third-order valence-corrected chi connectivity index (χ3v) is 7.75. The number of rotatable bonds is 7. The van der Waals surface area contributed by atoms with Crippen molar-refractivity contribution in [2.75, 3.05) is 19.6 Å². The number of hydrogen-bond donors (Lipinski definition) is 0. The van der Waals surface area contributed by atoms with Gasteiger partial charge in [-0.05, 0) is 31.9 Å². The van der Waals surface area contributed by atoms with Crippen LogP contribution in [0.4, 0.5) is 5.69 Å². The molecule has 1 saturated heterocycles. The number of nitro benzene ring substituents is 1. The summed E-state index contributed by atoms with van der Waals surface area (Å²) in [7, 11) is -3.82. The van der Waals surface area contributed by atoms with Crippen LogP contribution in [-0.2, 0) is 10.0 Å². The van der Waals surface area contributed by atoms with Crippen molar-refractivity contribution in [1.29, 1.82) is 0 Å². The molecule has 2 aromatic carbocycles. The summed E-state index contributed by atoms with van der Waals surface area (Å²) in [6.07, 6.45) is 0.734. The van der Waals surface area contributed by atoms with Gasteiger partial charge in [0, 0.05) is 43.3 Å². The van der Waals surface area contributed by atoms with Crippen LogP contribution in [0.3, 0.4) is 0 Å². The molecule has 1 fully saturated rings. The Morgan fingerprint density at radius 1 is 1.24 bits per heavy atom. The quantitative estimate of drug-likeness (QED) is 0.506. The molecule has 29 heavy (non-hydrogen) atoms. The van der Waals surface area contributed by atoms with Crippen molar-refractivity contribution in [3.63, 3.8) is 0 Å². The number of benzene rings is 2. The molecule has 0 N–H and O–H groups in total. The highest BCUT2D eigenvalue weighted by atomic mass is 32.2. The molecule has 0 aromatic heterocycles. The molecule has 0 spiro atoms. The number of likely N-dealkylation sites (N-methyl/N-ethyl adjacent to an activating group) is 1. The molecule has 0 amide bonds. The van der Waals surface area contributed by atoms with Crippen molar-refractivity contribution in [2.24, 2.45) is 0 Å². The van der Waals surface area contributed by atoms with Crippen molar-refractivity contribution in [1.82, 2.24) is 9.21 Å². The molecule has 2 unspecified atom stereocenters. The van der Waals surface area contributed by atoms with Crippen LogP contribution in [0.1, 0.15) is 37.4 Å². The van der Waals surface area contributed by atoms with E-state index in [1.165, 1.54) is 28.1 Å². The monoisotopic (exact) mass is 417 g/mol. The van der Waals surface area contributed by atoms with E-state index in [1.54, 1.807) is 6.92 Å². The largest absolute Gasteiger partial charge is 0.295 e. The van der Waals surface area contributed by atoms with Crippen molar-refractivity contribution < 1.29 is 13.3 Å². The Kier molecular flexibility index (Phi) is 6.36.